The molecule has 0 saturated heterocycles. The number of aromatic nitrogens is 1. The molecule has 0 aliphatic carbocycles. The van der Waals surface area contributed by atoms with Crippen molar-refractivity contribution in [2.75, 3.05) is 0 Å². The second-order valence-corrected chi connectivity index (χ2v) is 4.49. The van der Waals surface area contributed by atoms with Crippen LogP contribution in [0.4, 0.5) is 0 Å². The van der Waals surface area contributed by atoms with Crippen LogP contribution < -0.4 is 0 Å². The fourth-order valence-electron chi connectivity index (χ4n) is 0.313. The van der Waals surface area contributed by atoms with Gasteiger partial charge in [0.25, 0.3) is 0 Å². The molecule has 0 spiro atoms. The zero-order valence-corrected chi connectivity index (χ0v) is 10.5. The Balaban J connectivity index is -0.000000145. The highest BCUT2D eigenvalue weighted by Crippen LogP contribution is 1.81. The minimum Gasteiger partial charge on any atom is -0.265 e. The Bertz CT molecular complexity index is 130. The number of pyridine rings is 1. The molecule has 0 aromatic carbocycles. The molecule has 0 fully saturated rings. The third kappa shape index (κ3) is 61.6. The lowest BCUT2D eigenvalue weighted by atomic mass is 10.3. The van der Waals surface area contributed by atoms with E-state index in [0.29, 0.717) is 0 Å². The number of hydrogen-bond donors (Lipinski definition) is 0. The lowest BCUT2D eigenvalue weighted by Crippen LogP contribution is -1.66. The van der Waals surface area contributed by atoms with Gasteiger partial charge in [0.1, 0.15) is 0 Å². The van der Waals surface area contributed by atoms with Gasteiger partial charge in [0.2, 0.25) is 0 Å². The Kier molecular flexibility index (Phi) is 20.5. The van der Waals surface area contributed by atoms with Crippen molar-refractivity contribution in [2.45, 2.75) is 49.0 Å². The van der Waals surface area contributed by atoms with E-state index in [1.807, 2.05) is 18.2 Å². The highest BCUT2D eigenvalue weighted by atomic mass is 14.6. The molecule has 0 saturated carbocycles. The van der Waals surface area contributed by atoms with Gasteiger partial charge in [-0.15, -0.1) is 0 Å². The zero-order chi connectivity index (χ0) is 11.4. The second-order valence-electron chi connectivity index (χ2n) is 4.49. The molecule has 1 heterocycles. The highest BCUT2D eigenvalue weighted by Gasteiger charge is 1.68. The maximum atomic E-state index is 3.78. The number of hydrogen-bond acceptors (Lipinski definition) is 1. The maximum Gasteiger partial charge on any atom is 0.0267 e. The summed E-state index contributed by atoms with van der Waals surface area (Å²) in [4.78, 5) is 3.78. The largest absolute Gasteiger partial charge is 0.265 e. The molecule has 0 N–H and O–H groups in total. The zero-order valence-electron chi connectivity index (χ0n) is 10.5. The van der Waals surface area contributed by atoms with Crippen LogP contribution >= 0.6 is 0 Å². The van der Waals surface area contributed by atoms with E-state index >= 15 is 0 Å². The van der Waals surface area contributed by atoms with Crippen LogP contribution in [0.1, 0.15) is 49.0 Å². The van der Waals surface area contributed by atoms with Crippen LogP contribution in [0.15, 0.2) is 30.6 Å². The van der Waals surface area contributed by atoms with E-state index in [0.717, 1.165) is 11.8 Å². The summed E-state index contributed by atoms with van der Waals surface area (Å²) in [6.45, 7) is 13.0. The Morgan fingerprint density at radius 1 is 0.667 bits per heavy atom. The summed E-state index contributed by atoms with van der Waals surface area (Å²) in [5.74, 6) is 1.67. The molecule has 0 atom stereocenters. The molecule has 0 amide bonds. The molecule has 0 aliphatic heterocycles. The van der Waals surface area contributed by atoms with Crippen molar-refractivity contribution in [1.82, 2.24) is 4.98 Å². The van der Waals surface area contributed by atoms with E-state index in [1.165, 1.54) is 0 Å². The third-order valence-corrected chi connectivity index (χ3v) is 0.566. The minimum absolute atomic E-state index is 0. The number of nitrogens with zero attached hydrogens (tertiary/aromatic N) is 1. The van der Waals surface area contributed by atoms with E-state index in [4.69, 9.17) is 0 Å². The van der Waals surface area contributed by atoms with Crippen molar-refractivity contribution >= 4 is 0 Å². The lowest BCUT2D eigenvalue weighted by Gasteiger charge is -1.79. The van der Waals surface area contributed by atoms with Crippen LogP contribution in [0.2, 0.25) is 0 Å². The second kappa shape index (κ2) is 15.6. The van der Waals surface area contributed by atoms with E-state index in [-0.39, 0.29) is 7.43 Å². The van der Waals surface area contributed by atoms with Crippen LogP contribution in [0.25, 0.3) is 0 Å². The maximum absolute atomic E-state index is 3.78. The van der Waals surface area contributed by atoms with Gasteiger partial charge in [-0.3, -0.25) is 4.98 Å². The molecule has 1 aromatic heterocycles. The Labute approximate surface area is 97.0 Å². The summed E-state index contributed by atoms with van der Waals surface area (Å²) in [6, 6.07) is 5.72. The average Bonchev–Trinajstić information content (AvgIpc) is 2.05. The van der Waals surface area contributed by atoms with Crippen LogP contribution in [0.3, 0.4) is 0 Å². The predicted molar refractivity (Wildman–Crippen MR) is 72.0 cm³/mol. The molecule has 0 bridgehead atoms. The van der Waals surface area contributed by atoms with E-state index in [1.54, 1.807) is 12.4 Å². The van der Waals surface area contributed by atoms with Gasteiger partial charge in [0, 0.05) is 12.4 Å². The van der Waals surface area contributed by atoms with E-state index in [2.05, 4.69) is 46.5 Å². The fourth-order valence-corrected chi connectivity index (χ4v) is 0.313. The highest BCUT2D eigenvalue weighted by molar-refractivity contribution is 4.88. The number of rotatable bonds is 0. The first-order valence-electron chi connectivity index (χ1n) is 5.31. The Morgan fingerprint density at radius 3 is 1.00 bits per heavy atom. The van der Waals surface area contributed by atoms with Crippen molar-refractivity contribution in [3.05, 3.63) is 30.6 Å². The van der Waals surface area contributed by atoms with Gasteiger partial charge in [-0.25, -0.2) is 0 Å². The van der Waals surface area contributed by atoms with Gasteiger partial charge in [-0.05, 0) is 24.0 Å². The van der Waals surface area contributed by atoms with Crippen LogP contribution in [0.5, 0.6) is 0 Å². The molecule has 1 nitrogen and oxygen atoms in total. The van der Waals surface area contributed by atoms with Crippen LogP contribution in [-0.2, 0) is 0 Å². The quantitative estimate of drug-likeness (QED) is 0.585. The van der Waals surface area contributed by atoms with E-state index < -0.39 is 0 Å². The average molecular weight is 211 g/mol. The molecule has 1 aromatic rings. The SMILES string of the molecule is C.CC(C)C.CC(C)C.c1ccncc1. The van der Waals surface area contributed by atoms with Crippen LogP contribution in [0, 0.1) is 11.8 Å². The first kappa shape index (κ1) is 19.7. The summed E-state index contributed by atoms with van der Waals surface area (Å²) in [6.07, 6.45) is 3.50. The lowest BCUT2D eigenvalue weighted by molar-refractivity contribution is 0.736. The molecular formula is C14H29N. The molecule has 1 rings (SSSR count). The minimum atomic E-state index is 0. The van der Waals surface area contributed by atoms with Gasteiger partial charge < -0.3 is 0 Å². The summed E-state index contributed by atoms with van der Waals surface area (Å²) < 4.78 is 0. The fraction of sp³-hybridized carbons (Fsp3) is 0.643. The van der Waals surface area contributed by atoms with Crippen molar-refractivity contribution in [2.24, 2.45) is 11.8 Å². The first-order valence-corrected chi connectivity index (χ1v) is 5.31. The molecule has 15 heavy (non-hydrogen) atoms. The topological polar surface area (TPSA) is 12.9 Å². The molecule has 0 aliphatic rings. The van der Waals surface area contributed by atoms with Gasteiger partial charge in [0.15, 0.2) is 0 Å². The van der Waals surface area contributed by atoms with Gasteiger partial charge in [0.05, 0.1) is 0 Å². The van der Waals surface area contributed by atoms with E-state index in [9.17, 15) is 0 Å². The predicted octanol–water partition coefficient (Wildman–Crippen LogP) is 5.04. The van der Waals surface area contributed by atoms with Crippen molar-refractivity contribution in [1.29, 1.82) is 0 Å². The molecular weight excluding hydrogens is 182 g/mol. The summed E-state index contributed by atoms with van der Waals surface area (Å²) in [5.41, 5.74) is 0. The summed E-state index contributed by atoms with van der Waals surface area (Å²) >= 11 is 0. The molecule has 1 heteroatoms. The van der Waals surface area contributed by atoms with Crippen molar-refractivity contribution in [3.63, 3.8) is 0 Å². The normalized spacial score (nSPS) is 8.00. The standard InChI is InChI=1S/C5H5N.2C4H10.CH4/c1-2-4-6-5-3-1;2*1-4(2)3;/h1-5H;2*4H,1-3H3;1H4. The molecule has 0 unspecified atom stereocenters. The summed E-state index contributed by atoms with van der Waals surface area (Å²) in [7, 11) is 0. The van der Waals surface area contributed by atoms with Crippen LogP contribution in [-0.4, -0.2) is 4.98 Å². The van der Waals surface area contributed by atoms with Crippen molar-refractivity contribution < 1.29 is 0 Å². The Hall–Kier alpha value is -0.850. The summed E-state index contributed by atoms with van der Waals surface area (Å²) in [5, 5.41) is 0. The first-order chi connectivity index (χ1) is 6.46. The van der Waals surface area contributed by atoms with Gasteiger partial charge >= 0.3 is 0 Å². The third-order valence-electron chi connectivity index (χ3n) is 0.566. The smallest absolute Gasteiger partial charge is 0.0267 e. The Morgan fingerprint density at radius 2 is 0.933 bits per heavy atom. The molecule has 90 valence electrons. The van der Waals surface area contributed by atoms with Gasteiger partial charge in [-0.2, -0.15) is 0 Å². The monoisotopic (exact) mass is 211 g/mol. The van der Waals surface area contributed by atoms with Crippen molar-refractivity contribution in [3.8, 4) is 0 Å². The molecule has 0 radical (unpaired) electrons. The van der Waals surface area contributed by atoms with Gasteiger partial charge in [-0.1, -0.05) is 55.0 Å².